The highest BCUT2D eigenvalue weighted by atomic mass is 35.5. The van der Waals surface area contributed by atoms with Gasteiger partial charge in [0, 0.05) is 11.3 Å². The van der Waals surface area contributed by atoms with Crippen molar-refractivity contribution in [1.29, 1.82) is 0 Å². The fourth-order valence-corrected chi connectivity index (χ4v) is 1.56. The Morgan fingerprint density at radius 3 is 3.00 bits per heavy atom. The Hall–Kier alpha value is 0.120. The van der Waals surface area contributed by atoms with Crippen LogP contribution in [0.1, 0.15) is 6.42 Å². The Labute approximate surface area is 58.6 Å². The first-order valence-corrected chi connectivity index (χ1v) is 3.97. The van der Waals surface area contributed by atoms with Crippen LogP contribution >= 0.6 is 23.4 Å². The summed E-state index contributed by atoms with van der Waals surface area (Å²) in [4.78, 5) is 0. The summed E-state index contributed by atoms with van der Waals surface area (Å²) in [7, 11) is 0. The first-order chi connectivity index (χ1) is 3.93. The number of thioether (sulfide) groups is 1. The molecule has 0 atom stereocenters. The van der Waals surface area contributed by atoms with Gasteiger partial charge in [0.25, 0.3) is 0 Å². The molecule has 0 fully saturated rings. The predicted octanol–water partition coefficient (Wildman–Crippen LogP) is 2.76. The van der Waals surface area contributed by atoms with Crippen LogP contribution in [-0.2, 0) is 0 Å². The van der Waals surface area contributed by atoms with Crippen molar-refractivity contribution >= 4 is 23.4 Å². The van der Waals surface area contributed by atoms with Crippen molar-refractivity contribution in [3.8, 4) is 0 Å². The van der Waals surface area contributed by atoms with E-state index in [2.05, 4.69) is 11.5 Å². The number of hydrogen-bond acceptors (Lipinski definition) is 1. The molecule has 0 aliphatic carbocycles. The van der Waals surface area contributed by atoms with Gasteiger partial charge in [-0.05, 0) is 17.4 Å². The zero-order valence-electron chi connectivity index (χ0n) is 4.43. The minimum absolute atomic E-state index is 1.04. The molecule has 1 rings (SSSR count). The molecule has 0 bridgehead atoms. The maximum absolute atomic E-state index is 5.47. The van der Waals surface area contributed by atoms with Crippen LogP contribution in [0.15, 0.2) is 22.6 Å². The lowest BCUT2D eigenvalue weighted by Crippen LogP contribution is -1.86. The molecule has 0 aromatic rings. The third-order valence-corrected chi connectivity index (χ3v) is 2.23. The second kappa shape index (κ2) is 3.21. The zero-order valence-corrected chi connectivity index (χ0v) is 6.00. The third-order valence-electron chi connectivity index (χ3n) is 0.996. The summed E-state index contributed by atoms with van der Waals surface area (Å²) in [6, 6.07) is 0. The van der Waals surface area contributed by atoms with E-state index in [1.54, 1.807) is 17.3 Å². The van der Waals surface area contributed by atoms with Gasteiger partial charge in [-0.15, -0.1) is 11.8 Å². The number of allylic oxidation sites excluding steroid dienone is 1. The molecule has 44 valence electrons. The molecule has 0 aromatic carbocycles. The summed E-state index contributed by atoms with van der Waals surface area (Å²) in [5.74, 6) is 1.07. The van der Waals surface area contributed by atoms with Crippen LogP contribution in [0.25, 0.3) is 0 Å². The Balaban J connectivity index is 2.50. The molecule has 0 N–H and O–H groups in total. The van der Waals surface area contributed by atoms with E-state index in [1.807, 2.05) is 0 Å². The standard InChI is InChI=1S/C6H7ClS/c7-4-6-2-1-3-8-5-6/h1,3-4H,2,5H2. The van der Waals surface area contributed by atoms with E-state index >= 15 is 0 Å². The van der Waals surface area contributed by atoms with E-state index in [9.17, 15) is 0 Å². The number of hydrogen-bond donors (Lipinski definition) is 0. The van der Waals surface area contributed by atoms with E-state index in [0.29, 0.717) is 0 Å². The quantitative estimate of drug-likeness (QED) is 0.507. The Kier molecular flexibility index (Phi) is 2.50. The highest BCUT2D eigenvalue weighted by molar-refractivity contribution is 8.02. The van der Waals surface area contributed by atoms with Crippen LogP contribution in [-0.4, -0.2) is 5.75 Å². The molecule has 0 amide bonds. The zero-order chi connectivity index (χ0) is 5.82. The topological polar surface area (TPSA) is 0 Å². The molecule has 0 spiro atoms. The Morgan fingerprint density at radius 2 is 2.62 bits per heavy atom. The van der Waals surface area contributed by atoms with Crippen LogP contribution in [0.3, 0.4) is 0 Å². The smallest absolute Gasteiger partial charge is 0.0199 e. The van der Waals surface area contributed by atoms with Gasteiger partial charge < -0.3 is 0 Å². The van der Waals surface area contributed by atoms with E-state index in [4.69, 9.17) is 11.6 Å². The fourth-order valence-electron chi connectivity index (χ4n) is 0.558. The van der Waals surface area contributed by atoms with Crippen LogP contribution in [0.2, 0.25) is 0 Å². The first-order valence-electron chi connectivity index (χ1n) is 2.48. The van der Waals surface area contributed by atoms with Crippen molar-refractivity contribution in [3.05, 3.63) is 22.6 Å². The van der Waals surface area contributed by atoms with Gasteiger partial charge in [0.15, 0.2) is 0 Å². The lowest BCUT2D eigenvalue weighted by Gasteiger charge is -2.04. The molecule has 0 saturated carbocycles. The summed E-state index contributed by atoms with van der Waals surface area (Å²) >= 11 is 7.27. The normalized spacial score (nSPS) is 24.4. The summed E-state index contributed by atoms with van der Waals surface area (Å²) in [6.07, 6.45) is 3.17. The van der Waals surface area contributed by atoms with Crippen molar-refractivity contribution in [2.24, 2.45) is 0 Å². The lowest BCUT2D eigenvalue weighted by atomic mass is 10.2. The molecule has 1 aliphatic rings. The van der Waals surface area contributed by atoms with E-state index in [1.165, 1.54) is 5.57 Å². The van der Waals surface area contributed by atoms with Gasteiger partial charge in [0.1, 0.15) is 0 Å². The van der Waals surface area contributed by atoms with Crippen LogP contribution in [0.4, 0.5) is 0 Å². The molecule has 0 aromatic heterocycles. The number of rotatable bonds is 0. The summed E-state index contributed by atoms with van der Waals surface area (Å²) in [6.45, 7) is 0. The molecule has 0 unspecified atom stereocenters. The Morgan fingerprint density at radius 1 is 1.75 bits per heavy atom. The summed E-state index contributed by atoms with van der Waals surface area (Å²) in [5.41, 5.74) is 3.00. The van der Waals surface area contributed by atoms with Gasteiger partial charge in [0.05, 0.1) is 0 Å². The molecule has 1 aliphatic heterocycles. The van der Waals surface area contributed by atoms with Gasteiger partial charge in [-0.3, -0.25) is 0 Å². The predicted molar refractivity (Wildman–Crippen MR) is 40.2 cm³/mol. The highest BCUT2D eigenvalue weighted by Gasteiger charge is 1.96. The maximum Gasteiger partial charge on any atom is 0.0199 e. The van der Waals surface area contributed by atoms with Gasteiger partial charge in [-0.2, -0.15) is 0 Å². The van der Waals surface area contributed by atoms with Gasteiger partial charge in [0.2, 0.25) is 0 Å². The SMILES string of the molecule is ClC=C1CC=CSC1. The minimum atomic E-state index is 1.04. The maximum atomic E-state index is 5.47. The average Bonchev–Trinajstić information content (AvgIpc) is 1.90. The van der Waals surface area contributed by atoms with E-state index in [-0.39, 0.29) is 0 Å². The van der Waals surface area contributed by atoms with Gasteiger partial charge in [-0.25, -0.2) is 0 Å². The molecule has 2 heteroatoms. The summed E-state index contributed by atoms with van der Waals surface area (Å²) in [5, 5.41) is 2.11. The molecular weight excluding hydrogens is 140 g/mol. The molecule has 0 nitrogen and oxygen atoms in total. The Bertz CT molecular complexity index is 126. The average molecular weight is 147 g/mol. The molecular formula is C6H7ClS. The monoisotopic (exact) mass is 146 g/mol. The van der Waals surface area contributed by atoms with Crippen molar-refractivity contribution in [1.82, 2.24) is 0 Å². The summed E-state index contributed by atoms with van der Waals surface area (Å²) < 4.78 is 0. The lowest BCUT2D eigenvalue weighted by molar-refractivity contribution is 1.23. The highest BCUT2D eigenvalue weighted by Crippen LogP contribution is 2.19. The number of halogens is 1. The second-order valence-electron chi connectivity index (χ2n) is 1.65. The van der Waals surface area contributed by atoms with E-state index in [0.717, 1.165) is 12.2 Å². The fraction of sp³-hybridized carbons (Fsp3) is 0.333. The molecule has 1 heterocycles. The van der Waals surface area contributed by atoms with Gasteiger partial charge >= 0.3 is 0 Å². The molecule has 0 saturated heterocycles. The first kappa shape index (κ1) is 6.24. The van der Waals surface area contributed by atoms with Crippen molar-refractivity contribution in [2.75, 3.05) is 5.75 Å². The van der Waals surface area contributed by atoms with Crippen molar-refractivity contribution < 1.29 is 0 Å². The van der Waals surface area contributed by atoms with Crippen LogP contribution in [0.5, 0.6) is 0 Å². The molecule has 8 heavy (non-hydrogen) atoms. The van der Waals surface area contributed by atoms with Crippen molar-refractivity contribution in [3.63, 3.8) is 0 Å². The minimum Gasteiger partial charge on any atom is -0.130 e. The van der Waals surface area contributed by atoms with Crippen LogP contribution < -0.4 is 0 Å². The van der Waals surface area contributed by atoms with Crippen molar-refractivity contribution in [2.45, 2.75) is 6.42 Å². The third kappa shape index (κ3) is 1.57. The van der Waals surface area contributed by atoms with Gasteiger partial charge in [-0.1, -0.05) is 17.7 Å². The largest absolute Gasteiger partial charge is 0.130 e. The van der Waals surface area contributed by atoms with Crippen LogP contribution in [0, 0.1) is 0 Å². The molecule has 0 radical (unpaired) electrons. The second-order valence-corrected chi connectivity index (χ2v) is 2.77. The van der Waals surface area contributed by atoms with E-state index < -0.39 is 0 Å².